The maximum atomic E-state index is 11.7. The molecule has 2 rings (SSSR count). The Morgan fingerprint density at radius 1 is 1.50 bits per heavy atom. The molecule has 0 aromatic heterocycles. The van der Waals surface area contributed by atoms with Crippen molar-refractivity contribution in [2.24, 2.45) is 0 Å². The molecule has 1 saturated heterocycles. The third-order valence-electron chi connectivity index (χ3n) is 2.40. The van der Waals surface area contributed by atoms with Crippen LogP contribution in [-0.4, -0.2) is 21.9 Å². The number of halogens is 2. The lowest BCUT2D eigenvalue weighted by Crippen LogP contribution is -2.17. The molecule has 1 aromatic rings. The van der Waals surface area contributed by atoms with Gasteiger partial charge in [0.25, 0.3) is 5.91 Å². The summed E-state index contributed by atoms with van der Waals surface area (Å²) in [4.78, 5) is 12.2. The van der Waals surface area contributed by atoms with Gasteiger partial charge in [0, 0.05) is 4.47 Å². The van der Waals surface area contributed by atoms with Crippen molar-refractivity contribution in [1.82, 2.24) is 5.32 Å². The standard InChI is InChI=1S/C12H9Br2NO3S2/c1-2-18-6-3-5(8(13)9(14)10(6)16)4-7-11(17)15-12(19)20-7/h3-4,16H,2H2,1H3,(H,15,17,19)/b7-4+. The SMILES string of the molecule is CCOc1cc(/C=C2/SC(=S)NC2=O)c(Br)c(Br)c1O. The van der Waals surface area contributed by atoms with Gasteiger partial charge in [-0.3, -0.25) is 4.79 Å². The molecule has 0 radical (unpaired) electrons. The highest BCUT2D eigenvalue weighted by Crippen LogP contribution is 2.43. The summed E-state index contributed by atoms with van der Waals surface area (Å²) in [6.45, 7) is 2.25. The minimum atomic E-state index is -0.228. The Morgan fingerprint density at radius 3 is 2.75 bits per heavy atom. The molecule has 106 valence electrons. The summed E-state index contributed by atoms with van der Waals surface area (Å²) in [5.74, 6) is 0.134. The number of thioether (sulfide) groups is 1. The third kappa shape index (κ3) is 3.19. The van der Waals surface area contributed by atoms with Crippen LogP contribution in [0.15, 0.2) is 19.9 Å². The van der Waals surface area contributed by atoms with Gasteiger partial charge in [0.1, 0.15) is 4.32 Å². The van der Waals surface area contributed by atoms with Crippen molar-refractivity contribution in [3.05, 3.63) is 25.5 Å². The average Bonchev–Trinajstić information content (AvgIpc) is 2.71. The monoisotopic (exact) mass is 437 g/mol. The van der Waals surface area contributed by atoms with Crippen LogP contribution >= 0.6 is 55.8 Å². The molecule has 0 bridgehead atoms. The van der Waals surface area contributed by atoms with E-state index < -0.39 is 0 Å². The van der Waals surface area contributed by atoms with E-state index >= 15 is 0 Å². The van der Waals surface area contributed by atoms with Crippen LogP contribution in [0.4, 0.5) is 0 Å². The fourth-order valence-corrected chi connectivity index (χ4v) is 3.42. The van der Waals surface area contributed by atoms with Crippen molar-refractivity contribution in [1.29, 1.82) is 0 Å². The van der Waals surface area contributed by atoms with E-state index in [1.807, 2.05) is 6.92 Å². The van der Waals surface area contributed by atoms with Crippen molar-refractivity contribution >= 4 is 72.1 Å². The molecular weight excluding hydrogens is 430 g/mol. The van der Waals surface area contributed by atoms with Gasteiger partial charge < -0.3 is 15.2 Å². The Kier molecular flexibility index (Phi) is 5.11. The van der Waals surface area contributed by atoms with Gasteiger partial charge in [0.2, 0.25) is 0 Å². The molecule has 4 nitrogen and oxygen atoms in total. The number of thiocarbonyl (C=S) groups is 1. The van der Waals surface area contributed by atoms with E-state index in [2.05, 4.69) is 37.2 Å². The number of amides is 1. The van der Waals surface area contributed by atoms with Gasteiger partial charge in [-0.1, -0.05) is 24.0 Å². The quantitative estimate of drug-likeness (QED) is 0.555. The molecule has 8 heteroatoms. The van der Waals surface area contributed by atoms with Crippen molar-refractivity contribution in [2.75, 3.05) is 6.61 Å². The fourth-order valence-electron chi connectivity index (χ4n) is 1.54. The van der Waals surface area contributed by atoms with Gasteiger partial charge in [-0.15, -0.1) is 0 Å². The molecule has 0 saturated carbocycles. The molecule has 1 heterocycles. The first-order chi connectivity index (χ1) is 9.43. The van der Waals surface area contributed by atoms with Gasteiger partial charge >= 0.3 is 0 Å². The molecule has 1 aliphatic heterocycles. The number of hydrogen-bond acceptors (Lipinski definition) is 5. The first-order valence-corrected chi connectivity index (χ1v) is 8.33. The predicted octanol–water partition coefficient (Wildman–Crippen LogP) is 3.80. The number of hydrogen-bond donors (Lipinski definition) is 2. The summed E-state index contributed by atoms with van der Waals surface area (Å²) < 4.78 is 6.90. The van der Waals surface area contributed by atoms with E-state index in [9.17, 15) is 9.90 Å². The van der Waals surface area contributed by atoms with Crippen molar-refractivity contribution < 1.29 is 14.6 Å². The number of phenols is 1. The Balaban J connectivity index is 2.49. The van der Waals surface area contributed by atoms with Gasteiger partial charge in [0.15, 0.2) is 11.5 Å². The number of carbonyl (C=O) groups is 1. The van der Waals surface area contributed by atoms with Crippen molar-refractivity contribution in [2.45, 2.75) is 6.92 Å². The summed E-state index contributed by atoms with van der Waals surface area (Å²) >= 11 is 12.8. The van der Waals surface area contributed by atoms with E-state index in [4.69, 9.17) is 17.0 Å². The Hall–Kier alpha value is -0.570. The number of rotatable bonds is 3. The molecule has 0 unspecified atom stereocenters. The molecule has 1 aromatic carbocycles. The number of benzene rings is 1. The molecule has 1 aliphatic rings. The smallest absolute Gasteiger partial charge is 0.263 e. The Labute approximate surface area is 142 Å². The van der Waals surface area contributed by atoms with Crippen LogP contribution < -0.4 is 10.1 Å². The average molecular weight is 439 g/mol. The minimum Gasteiger partial charge on any atom is -0.503 e. The summed E-state index contributed by atoms with van der Waals surface area (Å²) in [7, 11) is 0. The van der Waals surface area contributed by atoms with Crippen LogP contribution in [0.1, 0.15) is 12.5 Å². The number of carbonyl (C=O) groups excluding carboxylic acids is 1. The van der Waals surface area contributed by atoms with Gasteiger partial charge in [-0.25, -0.2) is 0 Å². The largest absolute Gasteiger partial charge is 0.503 e. The summed E-state index contributed by atoms with van der Waals surface area (Å²) in [5, 5.41) is 12.5. The summed E-state index contributed by atoms with van der Waals surface area (Å²) in [5.41, 5.74) is 0.709. The molecule has 1 fully saturated rings. The Bertz CT molecular complexity index is 632. The normalized spacial score (nSPS) is 16.6. The van der Waals surface area contributed by atoms with Crippen LogP contribution in [0.2, 0.25) is 0 Å². The Morgan fingerprint density at radius 2 is 2.20 bits per heavy atom. The molecule has 0 atom stereocenters. The second kappa shape index (κ2) is 6.46. The fraction of sp³-hybridized carbons (Fsp3) is 0.167. The summed E-state index contributed by atoms with van der Waals surface area (Å²) in [6.07, 6.45) is 1.69. The number of phenolic OH excluding ortho intramolecular Hbond substituents is 1. The molecule has 20 heavy (non-hydrogen) atoms. The van der Waals surface area contributed by atoms with Gasteiger partial charge in [-0.05, 0) is 56.5 Å². The van der Waals surface area contributed by atoms with E-state index in [1.165, 1.54) is 11.8 Å². The van der Waals surface area contributed by atoms with Crippen LogP contribution in [0.3, 0.4) is 0 Å². The summed E-state index contributed by atoms with van der Waals surface area (Å²) in [6, 6.07) is 1.66. The first-order valence-electron chi connectivity index (χ1n) is 5.52. The number of nitrogens with one attached hydrogen (secondary N) is 1. The lowest BCUT2D eigenvalue weighted by atomic mass is 10.2. The lowest BCUT2D eigenvalue weighted by molar-refractivity contribution is -0.115. The van der Waals surface area contributed by atoms with Gasteiger partial charge in [0.05, 0.1) is 16.0 Å². The van der Waals surface area contributed by atoms with E-state index in [0.717, 1.165) is 0 Å². The van der Waals surface area contributed by atoms with Gasteiger partial charge in [-0.2, -0.15) is 0 Å². The maximum Gasteiger partial charge on any atom is 0.263 e. The third-order valence-corrected chi connectivity index (χ3v) is 5.72. The molecule has 0 aliphatic carbocycles. The van der Waals surface area contributed by atoms with E-state index in [0.29, 0.717) is 36.1 Å². The molecule has 2 N–H and O–H groups in total. The second-order valence-corrected chi connectivity index (χ2v) is 7.03. The zero-order chi connectivity index (χ0) is 14.9. The van der Waals surface area contributed by atoms with Crippen LogP contribution in [0.25, 0.3) is 6.08 Å². The predicted molar refractivity (Wildman–Crippen MR) is 91.0 cm³/mol. The molecule has 0 spiro atoms. The van der Waals surface area contributed by atoms with Crippen LogP contribution in [-0.2, 0) is 4.79 Å². The second-order valence-electron chi connectivity index (χ2n) is 3.73. The maximum absolute atomic E-state index is 11.7. The topological polar surface area (TPSA) is 58.6 Å². The van der Waals surface area contributed by atoms with Crippen molar-refractivity contribution in [3.8, 4) is 11.5 Å². The number of aromatic hydroxyl groups is 1. The molecule has 1 amide bonds. The minimum absolute atomic E-state index is 0.0138. The van der Waals surface area contributed by atoms with Crippen molar-refractivity contribution in [3.63, 3.8) is 0 Å². The number of ether oxygens (including phenoxy) is 1. The molecular formula is C12H9Br2NO3S2. The van der Waals surface area contributed by atoms with E-state index in [-0.39, 0.29) is 11.7 Å². The lowest BCUT2D eigenvalue weighted by Gasteiger charge is -2.11. The zero-order valence-electron chi connectivity index (χ0n) is 10.2. The highest BCUT2D eigenvalue weighted by Gasteiger charge is 2.23. The van der Waals surface area contributed by atoms with Crippen LogP contribution in [0.5, 0.6) is 11.5 Å². The first kappa shape index (κ1) is 15.8. The van der Waals surface area contributed by atoms with Crippen LogP contribution in [0, 0.1) is 0 Å². The van der Waals surface area contributed by atoms with E-state index in [1.54, 1.807) is 12.1 Å². The zero-order valence-corrected chi connectivity index (χ0v) is 15.0. The highest BCUT2D eigenvalue weighted by molar-refractivity contribution is 9.13. The highest BCUT2D eigenvalue weighted by atomic mass is 79.9.